The number of nitrogens with zero attached hydrogens (tertiary/aromatic N) is 3. The zero-order valence-electron chi connectivity index (χ0n) is 13.6. The summed E-state index contributed by atoms with van der Waals surface area (Å²) in [6, 6.07) is 23.0. The van der Waals surface area contributed by atoms with Crippen molar-refractivity contribution in [2.24, 2.45) is 17.3 Å². The molecule has 24 heavy (non-hydrogen) atoms. The smallest absolute Gasteiger partial charge is 0.211 e. The van der Waals surface area contributed by atoms with Crippen LogP contribution in [0.25, 0.3) is 21.0 Å². The van der Waals surface area contributed by atoms with Crippen LogP contribution in [-0.2, 0) is 7.05 Å². The van der Waals surface area contributed by atoms with Gasteiger partial charge in [-0.3, -0.25) is 0 Å². The van der Waals surface area contributed by atoms with Gasteiger partial charge in [-0.25, -0.2) is 0 Å². The minimum Gasteiger partial charge on any atom is -0.318 e. The molecule has 0 aliphatic heterocycles. The molecule has 0 radical (unpaired) electrons. The maximum absolute atomic E-state index is 4.47. The maximum Gasteiger partial charge on any atom is 0.211 e. The SMILES string of the molecule is CC(=NN=c1sc2ccccc2n1C)c1ccc2ccccc2c1. The van der Waals surface area contributed by atoms with Crippen molar-refractivity contribution < 1.29 is 0 Å². The van der Waals surface area contributed by atoms with Crippen molar-refractivity contribution in [2.45, 2.75) is 6.92 Å². The van der Waals surface area contributed by atoms with Crippen molar-refractivity contribution >= 4 is 38.0 Å². The Morgan fingerprint density at radius 3 is 2.50 bits per heavy atom. The van der Waals surface area contributed by atoms with Crippen molar-refractivity contribution in [3.05, 3.63) is 77.1 Å². The van der Waals surface area contributed by atoms with Gasteiger partial charge in [0.1, 0.15) is 0 Å². The molecule has 0 N–H and O–H groups in total. The van der Waals surface area contributed by atoms with Gasteiger partial charge < -0.3 is 4.57 Å². The number of aromatic nitrogens is 1. The first-order valence-electron chi connectivity index (χ1n) is 7.84. The zero-order valence-corrected chi connectivity index (χ0v) is 14.4. The van der Waals surface area contributed by atoms with Gasteiger partial charge in [-0.1, -0.05) is 59.9 Å². The summed E-state index contributed by atoms with van der Waals surface area (Å²) in [5.41, 5.74) is 3.19. The Balaban J connectivity index is 1.76. The molecule has 0 amide bonds. The Morgan fingerprint density at radius 2 is 1.67 bits per heavy atom. The van der Waals surface area contributed by atoms with Crippen LogP contribution in [-0.4, -0.2) is 10.3 Å². The van der Waals surface area contributed by atoms with Crippen LogP contribution in [0.3, 0.4) is 0 Å². The van der Waals surface area contributed by atoms with E-state index < -0.39 is 0 Å². The van der Waals surface area contributed by atoms with E-state index in [1.165, 1.54) is 21.0 Å². The van der Waals surface area contributed by atoms with E-state index in [4.69, 9.17) is 0 Å². The van der Waals surface area contributed by atoms with Crippen molar-refractivity contribution in [2.75, 3.05) is 0 Å². The summed E-state index contributed by atoms with van der Waals surface area (Å²) in [5.74, 6) is 0. The van der Waals surface area contributed by atoms with Crippen LogP contribution < -0.4 is 4.80 Å². The molecule has 4 heteroatoms. The molecular formula is C20H17N3S. The first kappa shape index (κ1) is 14.8. The van der Waals surface area contributed by atoms with E-state index in [-0.39, 0.29) is 0 Å². The standard InChI is InChI=1S/C20H17N3S/c1-14(16-12-11-15-7-3-4-8-17(15)13-16)21-22-20-23(2)18-9-5-6-10-19(18)24-20/h3-13H,1-2H3. The molecule has 0 saturated heterocycles. The highest BCUT2D eigenvalue weighted by Crippen LogP contribution is 2.17. The van der Waals surface area contributed by atoms with Gasteiger partial charge in [0.25, 0.3) is 0 Å². The molecule has 0 unspecified atom stereocenters. The lowest BCUT2D eigenvalue weighted by atomic mass is 10.0. The average Bonchev–Trinajstić information content (AvgIpc) is 2.95. The summed E-state index contributed by atoms with van der Waals surface area (Å²) < 4.78 is 3.30. The summed E-state index contributed by atoms with van der Waals surface area (Å²) in [5, 5.41) is 11.4. The predicted molar refractivity (Wildman–Crippen MR) is 103 cm³/mol. The normalized spacial score (nSPS) is 13.1. The Kier molecular flexibility index (Phi) is 3.75. The molecule has 0 bridgehead atoms. The minimum atomic E-state index is 0.899. The van der Waals surface area contributed by atoms with Crippen LogP contribution in [0.4, 0.5) is 0 Å². The number of rotatable bonds is 2. The molecule has 1 aromatic heterocycles. The monoisotopic (exact) mass is 331 g/mol. The van der Waals surface area contributed by atoms with Crippen LogP contribution in [0.2, 0.25) is 0 Å². The van der Waals surface area contributed by atoms with Gasteiger partial charge >= 0.3 is 0 Å². The quantitative estimate of drug-likeness (QED) is 0.376. The van der Waals surface area contributed by atoms with Gasteiger partial charge in [-0.2, -0.15) is 5.10 Å². The highest BCUT2D eigenvalue weighted by atomic mass is 32.1. The molecule has 0 aliphatic rings. The fourth-order valence-corrected chi connectivity index (χ4v) is 3.74. The van der Waals surface area contributed by atoms with Gasteiger partial charge in [0.2, 0.25) is 4.80 Å². The number of hydrogen-bond donors (Lipinski definition) is 0. The van der Waals surface area contributed by atoms with Gasteiger partial charge in [-0.15, -0.1) is 5.10 Å². The fraction of sp³-hybridized carbons (Fsp3) is 0.100. The molecule has 4 aromatic rings. The van der Waals surface area contributed by atoms with Crippen molar-refractivity contribution in [1.29, 1.82) is 0 Å². The first-order chi connectivity index (χ1) is 11.7. The Bertz CT molecular complexity index is 1130. The lowest BCUT2D eigenvalue weighted by molar-refractivity contribution is 0.888. The zero-order chi connectivity index (χ0) is 16.5. The summed E-state index contributed by atoms with van der Waals surface area (Å²) in [7, 11) is 2.03. The third-order valence-corrected chi connectivity index (χ3v) is 5.27. The third kappa shape index (κ3) is 2.65. The van der Waals surface area contributed by atoms with Gasteiger partial charge in [0.05, 0.1) is 15.9 Å². The van der Waals surface area contributed by atoms with Crippen LogP contribution in [0, 0.1) is 0 Å². The van der Waals surface area contributed by atoms with Crippen LogP contribution in [0.15, 0.2) is 76.9 Å². The number of benzene rings is 3. The molecule has 4 rings (SSSR count). The largest absolute Gasteiger partial charge is 0.318 e. The molecule has 3 nitrogen and oxygen atoms in total. The van der Waals surface area contributed by atoms with Crippen LogP contribution in [0.5, 0.6) is 0 Å². The van der Waals surface area contributed by atoms with Gasteiger partial charge in [-0.05, 0) is 41.5 Å². The Hall–Kier alpha value is -2.72. The minimum absolute atomic E-state index is 0.899. The topological polar surface area (TPSA) is 29.6 Å². The highest BCUT2D eigenvalue weighted by Gasteiger charge is 2.02. The Morgan fingerprint density at radius 1 is 0.917 bits per heavy atom. The summed E-state index contributed by atoms with van der Waals surface area (Å²) >= 11 is 1.65. The van der Waals surface area contributed by atoms with E-state index in [0.717, 1.165) is 16.1 Å². The first-order valence-corrected chi connectivity index (χ1v) is 8.66. The van der Waals surface area contributed by atoms with E-state index >= 15 is 0 Å². The summed E-state index contributed by atoms with van der Waals surface area (Å²) in [6.45, 7) is 2.00. The number of para-hydroxylation sites is 1. The van der Waals surface area contributed by atoms with E-state index in [9.17, 15) is 0 Å². The van der Waals surface area contributed by atoms with E-state index in [1.54, 1.807) is 11.3 Å². The molecule has 0 spiro atoms. The van der Waals surface area contributed by atoms with E-state index in [0.29, 0.717) is 0 Å². The fourth-order valence-electron chi connectivity index (χ4n) is 2.77. The van der Waals surface area contributed by atoms with Gasteiger partial charge in [0, 0.05) is 7.05 Å². The molecule has 3 aromatic carbocycles. The second kappa shape index (κ2) is 6.06. The lowest BCUT2D eigenvalue weighted by Gasteiger charge is -2.02. The maximum atomic E-state index is 4.47. The average molecular weight is 331 g/mol. The molecular weight excluding hydrogens is 314 g/mol. The number of hydrogen-bond acceptors (Lipinski definition) is 3. The molecule has 118 valence electrons. The third-order valence-electron chi connectivity index (χ3n) is 4.17. The molecule has 1 heterocycles. The molecule has 0 saturated carbocycles. The number of aryl methyl sites for hydroxylation is 1. The second-order valence-electron chi connectivity index (χ2n) is 5.76. The molecule has 0 aliphatic carbocycles. The lowest BCUT2D eigenvalue weighted by Crippen LogP contribution is -2.09. The van der Waals surface area contributed by atoms with E-state index in [1.807, 2.05) is 26.1 Å². The number of thiazole rings is 1. The molecule has 0 atom stereocenters. The summed E-state index contributed by atoms with van der Waals surface area (Å²) in [4.78, 5) is 0.899. The second-order valence-corrected chi connectivity index (χ2v) is 6.77. The predicted octanol–water partition coefficient (Wildman–Crippen LogP) is 4.72. The van der Waals surface area contributed by atoms with Gasteiger partial charge in [0.15, 0.2) is 0 Å². The van der Waals surface area contributed by atoms with Crippen molar-refractivity contribution in [3.8, 4) is 0 Å². The molecule has 0 fully saturated rings. The Labute approximate surface area is 144 Å². The highest BCUT2D eigenvalue weighted by molar-refractivity contribution is 7.16. The van der Waals surface area contributed by atoms with Crippen molar-refractivity contribution in [3.63, 3.8) is 0 Å². The number of fused-ring (bicyclic) bond motifs is 2. The van der Waals surface area contributed by atoms with Crippen LogP contribution >= 0.6 is 11.3 Å². The van der Waals surface area contributed by atoms with Crippen LogP contribution in [0.1, 0.15) is 12.5 Å². The van der Waals surface area contributed by atoms with Crippen molar-refractivity contribution in [1.82, 2.24) is 4.57 Å². The summed E-state index contributed by atoms with van der Waals surface area (Å²) in [6.07, 6.45) is 0. The van der Waals surface area contributed by atoms with E-state index in [2.05, 4.69) is 69.4 Å².